The van der Waals surface area contributed by atoms with Crippen molar-refractivity contribution in [2.75, 3.05) is 11.5 Å². The van der Waals surface area contributed by atoms with Gasteiger partial charge < -0.3 is 9.84 Å². The lowest BCUT2D eigenvalue weighted by atomic mass is 10.1. The average molecular weight is 266 g/mol. The van der Waals surface area contributed by atoms with Crippen LogP contribution in [0.2, 0.25) is 0 Å². The number of ether oxygens (including phenoxy) is 1. The van der Waals surface area contributed by atoms with Gasteiger partial charge in [0.1, 0.15) is 11.8 Å². The number of nitro benzene ring substituents is 1. The van der Waals surface area contributed by atoms with Gasteiger partial charge in [0.15, 0.2) is 6.61 Å². The molecule has 1 N–H and O–H groups in total. The zero-order valence-corrected chi connectivity index (χ0v) is 9.90. The van der Waals surface area contributed by atoms with E-state index in [9.17, 15) is 19.7 Å². The molecule has 0 saturated heterocycles. The molecule has 0 spiro atoms. The number of amides is 1. The van der Waals surface area contributed by atoms with Gasteiger partial charge in [0.05, 0.1) is 10.6 Å². The van der Waals surface area contributed by atoms with Crippen LogP contribution in [0.15, 0.2) is 18.2 Å². The summed E-state index contributed by atoms with van der Waals surface area (Å²) in [6.07, 6.45) is 0. The molecule has 1 aromatic carbocycles. The lowest BCUT2D eigenvalue weighted by molar-refractivity contribution is -0.384. The SMILES string of the molecule is CC(C(=O)O)N1C(=O)COc2ccc([N+](=O)[O-])cc21. The van der Waals surface area contributed by atoms with Crippen molar-refractivity contribution in [3.63, 3.8) is 0 Å². The van der Waals surface area contributed by atoms with Crippen molar-refractivity contribution in [2.45, 2.75) is 13.0 Å². The first kappa shape index (κ1) is 12.8. The minimum atomic E-state index is -1.20. The molecule has 1 aliphatic heterocycles. The molecule has 0 aromatic heterocycles. The van der Waals surface area contributed by atoms with Crippen molar-refractivity contribution < 1.29 is 24.4 Å². The number of benzene rings is 1. The number of carbonyl (C=O) groups is 2. The number of rotatable bonds is 3. The van der Waals surface area contributed by atoms with Crippen molar-refractivity contribution in [3.05, 3.63) is 28.3 Å². The summed E-state index contributed by atoms with van der Waals surface area (Å²) < 4.78 is 5.12. The standard InChI is InChI=1S/C11H10N2O6/c1-6(11(15)16)12-8-4-7(13(17)18)2-3-9(8)19-5-10(12)14/h2-4,6H,5H2,1H3,(H,15,16). The number of fused-ring (bicyclic) bond motifs is 1. The molecule has 19 heavy (non-hydrogen) atoms. The summed E-state index contributed by atoms with van der Waals surface area (Å²) in [6.45, 7) is 1.04. The van der Waals surface area contributed by atoms with Crippen LogP contribution in [0.25, 0.3) is 0 Å². The first-order valence-corrected chi connectivity index (χ1v) is 5.38. The van der Waals surface area contributed by atoms with Gasteiger partial charge in [-0.1, -0.05) is 0 Å². The molecule has 0 bridgehead atoms. The Balaban J connectivity index is 2.53. The van der Waals surface area contributed by atoms with Crippen molar-refractivity contribution in [2.24, 2.45) is 0 Å². The first-order valence-electron chi connectivity index (χ1n) is 5.38. The summed E-state index contributed by atoms with van der Waals surface area (Å²) in [5.74, 6) is -1.51. The number of hydrogen-bond acceptors (Lipinski definition) is 5. The summed E-state index contributed by atoms with van der Waals surface area (Å²) in [6, 6.07) is 2.59. The molecule has 8 heteroatoms. The molecule has 2 rings (SSSR count). The van der Waals surface area contributed by atoms with Gasteiger partial charge in [-0.15, -0.1) is 0 Å². The molecule has 0 radical (unpaired) electrons. The van der Waals surface area contributed by atoms with Crippen LogP contribution in [0.4, 0.5) is 11.4 Å². The molecule has 1 aromatic rings. The van der Waals surface area contributed by atoms with Gasteiger partial charge in [0.2, 0.25) is 0 Å². The molecular weight excluding hydrogens is 256 g/mol. The van der Waals surface area contributed by atoms with Gasteiger partial charge in [0.25, 0.3) is 11.6 Å². The van der Waals surface area contributed by atoms with Crippen molar-refractivity contribution in [1.82, 2.24) is 0 Å². The molecule has 1 atom stereocenters. The van der Waals surface area contributed by atoms with Crippen LogP contribution in [0.3, 0.4) is 0 Å². The predicted molar refractivity (Wildman–Crippen MR) is 63.2 cm³/mol. The van der Waals surface area contributed by atoms with E-state index in [1.807, 2.05) is 0 Å². The minimum Gasteiger partial charge on any atom is -0.482 e. The molecule has 1 amide bonds. The van der Waals surface area contributed by atoms with Crippen molar-refractivity contribution in [1.29, 1.82) is 0 Å². The number of nitrogens with zero attached hydrogens (tertiary/aromatic N) is 2. The van der Waals surface area contributed by atoms with Gasteiger partial charge in [-0.05, 0) is 13.0 Å². The average Bonchev–Trinajstić information content (AvgIpc) is 2.37. The summed E-state index contributed by atoms with van der Waals surface area (Å²) in [5, 5.41) is 19.7. The highest BCUT2D eigenvalue weighted by molar-refractivity contribution is 6.02. The molecule has 0 saturated carbocycles. The summed E-state index contributed by atoms with van der Waals surface area (Å²) >= 11 is 0. The highest BCUT2D eigenvalue weighted by Crippen LogP contribution is 2.36. The molecule has 1 heterocycles. The summed E-state index contributed by atoms with van der Waals surface area (Å²) in [7, 11) is 0. The van der Waals surface area contributed by atoms with E-state index in [4.69, 9.17) is 9.84 Å². The normalized spacial score (nSPS) is 15.4. The third kappa shape index (κ3) is 2.19. The maximum atomic E-state index is 11.8. The Morgan fingerprint density at radius 2 is 2.26 bits per heavy atom. The Kier molecular flexibility index (Phi) is 3.07. The van der Waals surface area contributed by atoms with E-state index in [2.05, 4.69) is 0 Å². The number of non-ortho nitro benzene ring substituents is 1. The van der Waals surface area contributed by atoms with E-state index in [0.717, 1.165) is 11.0 Å². The van der Waals surface area contributed by atoms with Crippen LogP contribution in [-0.4, -0.2) is 34.6 Å². The maximum Gasteiger partial charge on any atom is 0.326 e. The van der Waals surface area contributed by atoms with Crippen LogP contribution < -0.4 is 9.64 Å². The number of carboxylic acid groups (broad SMARTS) is 1. The topological polar surface area (TPSA) is 110 Å². The third-order valence-corrected chi connectivity index (χ3v) is 2.78. The molecule has 1 unspecified atom stereocenters. The number of carbonyl (C=O) groups excluding carboxylic acids is 1. The number of nitro groups is 1. The molecule has 0 fully saturated rings. The summed E-state index contributed by atoms with van der Waals surface area (Å²) in [5.41, 5.74) is -0.139. The van der Waals surface area contributed by atoms with Gasteiger partial charge in [0, 0.05) is 12.1 Å². The Morgan fingerprint density at radius 1 is 1.58 bits per heavy atom. The maximum absolute atomic E-state index is 11.8. The van der Waals surface area contributed by atoms with E-state index in [1.165, 1.54) is 19.1 Å². The Bertz CT molecular complexity index is 570. The van der Waals surface area contributed by atoms with Gasteiger partial charge >= 0.3 is 5.97 Å². The van der Waals surface area contributed by atoms with Crippen LogP contribution >= 0.6 is 0 Å². The van der Waals surface area contributed by atoms with Gasteiger partial charge in [-0.3, -0.25) is 19.8 Å². The highest BCUT2D eigenvalue weighted by Gasteiger charge is 2.34. The second-order valence-corrected chi connectivity index (χ2v) is 3.98. The van der Waals surface area contributed by atoms with Gasteiger partial charge in [-0.2, -0.15) is 0 Å². The van der Waals surface area contributed by atoms with Crippen LogP contribution in [0.5, 0.6) is 5.75 Å². The van der Waals surface area contributed by atoms with Crippen molar-refractivity contribution >= 4 is 23.3 Å². The Labute approximate surface area is 107 Å². The highest BCUT2D eigenvalue weighted by atomic mass is 16.6. The molecule has 0 aliphatic carbocycles. The second kappa shape index (κ2) is 4.56. The molecule has 1 aliphatic rings. The smallest absolute Gasteiger partial charge is 0.326 e. The molecular formula is C11H10N2O6. The molecule has 100 valence electrons. The first-order chi connectivity index (χ1) is 8.91. The lowest BCUT2D eigenvalue weighted by Gasteiger charge is -2.31. The molecule has 8 nitrogen and oxygen atoms in total. The quantitative estimate of drug-likeness (QED) is 0.639. The van der Waals surface area contributed by atoms with Crippen LogP contribution in [0, 0.1) is 10.1 Å². The number of hydrogen-bond donors (Lipinski definition) is 1. The third-order valence-electron chi connectivity index (χ3n) is 2.78. The second-order valence-electron chi connectivity index (χ2n) is 3.98. The van der Waals surface area contributed by atoms with E-state index in [0.29, 0.717) is 0 Å². The van der Waals surface area contributed by atoms with Crippen LogP contribution in [0.1, 0.15) is 6.92 Å². The zero-order valence-electron chi connectivity index (χ0n) is 9.90. The van der Waals surface area contributed by atoms with Gasteiger partial charge in [-0.25, -0.2) is 4.79 Å². The minimum absolute atomic E-state index is 0.0975. The van der Waals surface area contributed by atoms with E-state index in [1.54, 1.807) is 0 Å². The zero-order chi connectivity index (χ0) is 14.2. The predicted octanol–water partition coefficient (Wildman–Crippen LogP) is 0.793. The van der Waals surface area contributed by atoms with Crippen molar-refractivity contribution in [3.8, 4) is 5.75 Å². The number of anilines is 1. The summed E-state index contributed by atoms with van der Waals surface area (Å²) in [4.78, 5) is 33.9. The Hall–Kier alpha value is -2.64. The Morgan fingerprint density at radius 3 is 2.84 bits per heavy atom. The number of carboxylic acids is 1. The largest absolute Gasteiger partial charge is 0.482 e. The fraction of sp³-hybridized carbons (Fsp3) is 0.273. The fourth-order valence-corrected chi connectivity index (χ4v) is 1.81. The number of aliphatic carboxylic acids is 1. The van der Waals surface area contributed by atoms with Crippen LogP contribution in [-0.2, 0) is 9.59 Å². The lowest BCUT2D eigenvalue weighted by Crippen LogP contribution is -2.48. The fourth-order valence-electron chi connectivity index (χ4n) is 1.81. The van der Waals surface area contributed by atoms with E-state index in [-0.39, 0.29) is 23.7 Å². The van der Waals surface area contributed by atoms with E-state index >= 15 is 0 Å². The van der Waals surface area contributed by atoms with E-state index < -0.39 is 22.8 Å². The monoisotopic (exact) mass is 266 g/mol.